The maximum atomic E-state index is 12.4. The SMILES string of the molecule is O=C1c2ccccc2C(=O)N1CCCCn1cc(COc2ccccc2-c2ccno2)nn1. The smallest absolute Gasteiger partial charge is 0.261 e. The van der Waals surface area contributed by atoms with Gasteiger partial charge in [-0.1, -0.05) is 34.6 Å². The van der Waals surface area contributed by atoms with Crippen molar-refractivity contribution in [1.82, 2.24) is 25.1 Å². The number of hydrogen-bond donors (Lipinski definition) is 0. The average molecular weight is 443 g/mol. The van der Waals surface area contributed by atoms with Crippen molar-refractivity contribution in [3.63, 3.8) is 0 Å². The van der Waals surface area contributed by atoms with Crippen molar-refractivity contribution < 1.29 is 18.8 Å². The molecule has 166 valence electrons. The van der Waals surface area contributed by atoms with E-state index < -0.39 is 0 Å². The third-order valence-corrected chi connectivity index (χ3v) is 5.45. The molecule has 3 heterocycles. The number of hydrogen-bond acceptors (Lipinski definition) is 7. The summed E-state index contributed by atoms with van der Waals surface area (Å²) in [6.45, 7) is 1.28. The van der Waals surface area contributed by atoms with E-state index in [1.54, 1.807) is 41.2 Å². The summed E-state index contributed by atoms with van der Waals surface area (Å²) in [6, 6.07) is 16.3. The number of rotatable bonds is 9. The molecule has 1 aliphatic rings. The van der Waals surface area contributed by atoms with Crippen LogP contribution < -0.4 is 4.74 Å². The summed E-state index contributed by atoms with van der Waals surface area (Å²) in [4.78, 5) is 26.2. The molecule has 2 amide bonds. The fraction of sp³-hybridized carbons (Fsp3) is 0.208. The van der Waals surface area contributed by atoms with Crippen LogP contribution in [0.5, 0.6) is 5.75 Å². The number of carbonyl (C=O) groups is 2. The van der Waals surface area contributed by atoms with E-state index in [9.17, 15) is 9.59 Å². The average Bonchev–Trinajstić information content (AvgIpc) is 3.58. The molecule has 2 aromatic carbocycles. The number of fused-ring (bicyclic) bond motifs is 1. The molecule has 0 radical (unpaired) electrons. The highest BCUT2D eigenvalue weighted by atomic mass is 16.5. The van der Waals surface area contributed by atoms with Crippen LogP contribution in [0.1, 0.15) is 39.3 Å². The number of aryl methyl sites for hydroxylation is 1. The van der Waals surface area contributed by atoms with Gasteiger partial charge >= 0.3 is 0 Å². The van der Waals surface area contributed by atoms with Gasteiger partial charge in [-0.2, -0.15) is 0 Å². The molecule has 0 unspecified atom stereocenters. The van der Waals surface area contributed by atoms with E-state index in [0.717, 1.165) is 12.0 Å². The predicted octanol–water partition coefficient (Wildman–Crippen LogP) is 3.59. The summed E-state index contributed by atoms with van der Waals surface area (Å²) >= 11 is 0. The maximum Gasteiger partial charge on any atom is 0.261 e. The number of para-hydroxylation sites is 1. The van der Waals surface area contributed by atoms with Gasteiger partial charge in [0.2, 0.25) is 0 Å². The van der Waals surface area contributed by atoms with Gasteiger partial charge in [0.15, 0.2) is 5.76 Å². The van der Waals surface area contributed by atoms with E-state index in [2.05, 4.69) is 15.5 Å². The van der Waals surface area contributed by atoms with Crippen LogP contribution in [0.15, 0.2) is 71.5 Å². The van der Waals surface area contributed by atoms with Crippen molar-refractivity contribution >= 4 is 11.8 Å². The number of imide groups is 1. The van der Waals surface area contributed by atoms with Crippen LogP contribution in [0, 0.1) is 0 Å². The summed E-state index contributed by atoms with van der Waals surface area (Å²) in [5.41, 5.74) is 2.47. The van der Waals surface area contributed by atoms with Gasteiger partial charge in [0.05, 0.1) is 29.1 Å². The number of benzene rings is 2. The Balaban J connectivity index is 1.11. The molecule has 0 saturated heterocycles. The van der Waals surface area contributed by atoms with E-state index in [1.807, 2.05) is 30.5 Å². The quantitative estimate of drug-likeness (QED) is 0.288. The monoisotopic (exact) mass is 443 g/mol. The van der Waals surface area contributed by atoms with Crippen molar-refractivity contribution in [1.29, 1.82) is 0 Å². The Hall–Kier alpha value is -4.27. The number of carbonyl (C=O) groups excluding carboxylic acids is 2. The second-order valence-corrected chi connectivity index (χ2v) is 7.65. The van der Waals surface area contributed by atoms with Gasteiger partial charge in [0.25, 0.3) is 11.8 Å². The largest absolute Gasteiger partial charge is 0.486 e. The number of unbranched alkanes of at least 4 members (excludes halogenated alkanes) is 1. The lowest BCUT2D eigenvalue weighted by Gasteiger charge is -2.13. The molecule has 9 heteroatoms. The lowest BCUT2D eigenvalue weighted by molar-refractivity contribution is 0.0651. The highest BCUT2D eigenvalue weighted by molar-refractivity contribution is 6.21. The Morgan fingerprint density at radius 2 is 1.55 bits per heavy atom. The maximum absolute atomic E-state index is 12.4. The van der Waals surface area contributed by atoms with E-state index in [0.29, 0.717) is 47.8 Å². The van der Waals surface area contributed by atoms with Gasteiger partial charge in [-0.3, -0.25) is 19.2 Å². The lowest BCUT2D eigenvalue weighted by atomic mass is 10.1. The van der Waals surface area contributed by atoms with E-state index >= 15 is 0 Å². The molecule has 5 rings (SSSR count). The van der Waals surface area contributed by atoms with Crippen LogP contribution in [-0.2, 0) is 13.2 Å². The number of aromatic nitrogens is 4. The molecule has 4 aromatic rings. The Morgan fingerprint density at radius 1 is 0.848 bits per heavy atom. The molecule has 0 spiro atoms. The fourth-order valence-corrected chi connectivity index (χ4v) is 3.80. The molecule has 0 N–H and O–H groups in total. The Morgan fingerprint density at radius 3 is 2.27 bits per heavy atom. The molecule has 1 aliphatic heterocycles. The minimum atomic E-state index is -0.221. The van der Waals surface area contributed by atoms with Gasteiger partial charge in [0.1, 0.15) is 18.1 Å². The highest BCUT2D eigenvalue weighted by Gasteiger charge is 2.34. The van der Waals surface area contributed by atoms with Crippen LogP contribution >= 0.6 is 0 Å². The minimum absolute atomic E-state index is 0.221. The molecule has 0 atom stereocenters. The molecule has 9 nitrogen and oxygen atoms in total. The summed E-state index contributed by atoms with van der Waals surface area (Å²) < 4.78 is 12.9. The Labute approximate surface area is 189 Å². The minimum Gasteiger partial charge on any atom is -0.486 e. The van der Waals surface area contributed by atoms with Crippen molar-refractivity contribution in [3.05, 3.63) is 83.8 Å². The van der Waals surface area contributed by atoms with Crippen molar-refractivity contribution in [2.45, 2.75) is 26.0 Å². The zero-order valence-corrected chi connectivity index (χ0v) is 17.8. The summed E-state index contributed by atoms with van der Waals surface area (Å²) in [5, 5.41) is 12.1. The molecule has 0 fully saturated rings. The first-order valence-corrected chi connectivity index (χ1v) is 10.7. The van der Waals surface area contributed by atoms with Crippen molar-refractivity contribution in [3.8, 4) is 17.1 Å². The normalized spacial score (nSPS) is 12.9. The van der Waals surface area contributed by atoms with Crippen molar-refractivity contribution in [2.24, 2.45) is 0 Å². The predicted molar refractivity (Wildman–Crippen MR) is 117 cm³/mol. The van der Waals surface area contributed by atoms with Gasteiger partial charge < -0.3 is 9.26 Å². The summed E-state index contributed by atoms with van der Waals surface area (Å²) in [7, 11) is 0. The number of amides is 2. The molecular weight excluding hydrogens is 422 g/mol. The molecule has 2 aromatic heterocycles. The van der Waals surface area contributed by atoms with Crippen LogP contribution in [-0.4, -0.2) is 43.4 Å². The number of ether oxygens (including phenoxy) is 1. The second kappa shape index (κ2) is 9.07. The van der Waals surface area contributed by atoms with E-state index in [4.69, 9.17) is 9.26 Å². The van der Waals surface area contributed by atoms with Gasteiger partial charge in [0, 0.05) is 19.2 Å². The third-order valence-electron chi connectivity index (χ3n) is 5.45. The standard InChI is InChI=1S/C24H21N5O4/c30-23-18-7-1-2-8-19(18)24(31)29(23)14-6-5-13-28-15-17(26-27-28)16-32-21-10-4-3-9-20(21)22-11-12-25-33-22/h1-4,7-12,15H,5-6,13-14,16H2. The first-order chi connectivity index (χ1) is 16.2. The highest BCUT2D eigenvalue weighted by Crippen LogP contribution is 2.29. The lowest BCUT2D eigenvalue weighted by Crippen LogP contribution is -2.30. The van der Waals surface area contributed by atoms with Gasteiger partial charge in [-0.05, 0) is 37.1 Å². The van der Waals surface area contributed by atoms with Gasteiger partial charge in [-0.15, -0.1) is 5.10 Å². The fourth-order valence-electron chi connectivity index (χ4n) is 3.80. The Kier molecular flexibility index (Phi) is 5.67. The van der Waals surface area contributed by atoms with Gasteiger partial charge in [-0.25, -0.2) is 0 Å². The second-order valence-electron chi connectivity index (χ2n) is 7.65. The van der Waals surface area contributed by atoms with Crippen molar-refractivity contribution in [2.75, 3.05) is 6.54 Å². The first kappa shape index (κ1) is 20.6. The van der Waals surface area contributed by atoms with E-state index in [1.165, 1.54) is 4.90 Å². The Bertz CT molecular complexity index is 1250. The third kappa shape index (κ3) is 4.25. The van der Waals surface area contributed by atoms with Crippen LogP contribution in [0.2, 0.25) is 0 Å². The molecule has 0 bridgehead atoms. The molecule has 0 aliphatic carbocycles. The summed E-state index contributed by atoms with van der Waals surface area (Å²) in [6.07, 6.45) is 4.86. The van der Waals surface area contributed by atoms with Crippen LogP contribution in [0.25, 0.3) is 11.3 Å². The zero-order chi connectivity index (χ0) is 22.6. The number of nitrogens with zero attached hydrogens (tertiary/aromatic N) is 5. The molecular formula is C24H21N5O4. The molecule has 33 heavy (non-hydrogen) atoms. The van der Waals surface area contributed by atoms with E-state index in [-0.39, 0.29) is 18.4 Å². The van der Waals surface area contributed by atoms with Crippen LogP contribution in [0.3, 0.4) is 0 Å². The first-order valence-electron chi connectivity index (χ1n) is 10.7. The summed E-state index contributed by atoms with van der Waals surface area (Å²) in [5.74, 6) is 0.861. The topological polar surface area (TPSA) is 103 Å². The zero-order valence-electron chi connectivity index (χ0n) is 17.8. The van der Waals surface area contributed by atoms with Crippen LogP contribution in [0.4, 0.5) is 0 Å². The molecule has 0 saturated carbocycles.